The van der Waals surface area contributed by atoms with Crippen LogP contribution in [0.5, 0.6) is 0 Å². The van der Waals surface area contributed by atoms with E-state index in [1.54, 1.807) is 17.1 Å². The molecule has 0 aliphatic rings. The Kier molecular flexibility index (Phi) is 4.15. The van der Waals surface area contributed by atoms with E-state index >= 15 is 0 Å². The maximum atomic E-state index is 12.2. The fraction of sp³-hybridized carbons (Fsp3) is 0.105. The van der Waals surface area contributed by atoms with Gasteiger partial charge in [-0.3, -0.25) is 4.79 Å². The summed E-state index contributed by atoms with van der Waals surface area (Å²) in [4.78, 5) is 16.1. The molecule has 3 aromatic rings. The summed E-state index contributed by atoms with van der Waals surface area (Å²) >= 11 is 0. The van der Waals surface area contributed by atoms with Crippen molar-refractivity contribution in [1.29, 1.82) is 0 Å². The van der Waals surface area contributed by atoms with Crippen LogP contribution in [0.2, 0.25) is 0 Å². The summed E-state index contributed by atoms with van der Waals surface area (Å²) in [5, 5.41) is 4.08. The third kappa shape index (κ3) is 3.43. The number of rotatable bonds is 4. The van der Waals surface area contributed by atoms with E-state index in [1.807, 2.05) is 62.4 Å². The molecule has 114 valence electrons. The van der Waals surface area contributed by atoms with Gasteiger partial charge in [-0.1, -0.05) is 30.3 Å². The van der Waals surface area contributed by atoms with Gasteiger partial charge in [0.05, 0.1) is 5.69 Å². The average molecular weight is 303 g/mol. The van der Waals surface area contributed by atoms with Crippen LogP contribution in [-0.4, -0.2) is 20.5 Å². The number of ketones is 1. The summed E-state index contributed by atoms with van der Waals surface area (Å²) < 4.78 is 1.69. The fourth-order valence-electron chi connectivity index (χ4n) is 2.24. The molecule has 0 spiro atoms. The maximum Gasteiger partial charge on any atom is 0.185 e. The second-order valence-corrected chi connectivity index (χ2v) is 5.43. The van der Waals surface area contributed by atoms with Crippen LogP contribution in [0.3, 0.4) is 0 Å². The minimum absolute atomic E-state index is 0.00783. The number of hydrogen-bond acceptors (Lipinski definition) is 3. The molecule has 2 aromatic carbocycles. The van der Waals surface area contributed by atoms with E-state index < -0.39 is 0 Å². The standard InChI is InChI=1S/C19H17N3O/c1-14-3-7-17(11-15(14)2)19(23)10-6-16-4-8-18(9-5-16)22-13-20-12-21-22/h3-13H,1-2H3/b10-6+. The largest absolute Gasteiger partial charge is 0.289 e. The number of benzene rings is 2. The van der Waals surface area contributed by atoms with Gasteiger partial charge in [0, 0.05) is 5.56 Å². The number of hydrogen-bond donors (Lipinski definition) is 0. The Morgan fingerprint density at radius 1 is 1.04 bits per heavy atom. The molecule has 0 saturated heterocycles. The number of allylic oxidation sites excluding steroid dienone is 1. The summed E-state index contributed by atoms with van der Waals surface area (Å²) in [6, 6.07) is 13.5. The van der Waals surface area contributed by atoms with Gasteiger partial charge in [-0.05, 0) is 54.8 Å². The molecule has 3 rings (SSSR count). The minimum Gasteiger partial charge on any atom is -0.289 e. The highest BCUT2D eigenvalue weighted by Gasteiger charge is 2.03. The van der Waals surface area contributed by atoms with Crippen LogP contribution in [0, 0.1) is 13.8 Å². The number of carbonyl (C=O) groups is 1. The molecule has 4 nitrogen and oxygen atoms in total. The van der Waals surface area contributed by atoms with Gasteiger partial charge in [0.1, 0.15) is 12.7 Å². The van der Waals surface area contributed by atoms with Crippen LogP contribution < -0.4 is 0 Å². The molecule has 0 unspecified atom stereocenters. The van der Waals surface area contributed by atoms with Gasteiger partial charge >= 0.3 is 0 Å². The van der Waals surface area contributed by atoms with Crippen LogP contribution in [0.15, 0.2) is 61.2 Å². The van der Waals surface area contributed by atoms with Gasteiger partial charge in [-0.2, -0.15) is 5.10 Å². The molecule has 0 aliphatic carbocycles. The molecule has 1 aromatic heterocycles. The molecule has 0 saturated carbocycles. The highest BCUT2D eigenvalue weighted by molar-refractivity contribution is 6.06. The van der Waals surface area contributed by atoms with Crippen molar-refractivity contribution in [1.82, 2.24) is 14.8 Å². The van der Waals surface area contributed by atoms with Gasteiger partial charge in [0.15, 0.2) is 5.78 Å². The van der Waals surface area contributed by atoms with Crippen molar-refractivity contribution in [3.8, 4) is 5.69 Å². The molecule has 1 heterocycles. The Morgan fingerprint density at radius 3 is 2.48 bits per heavy atom. The van der Waals surface area contributed by atoms with Gasteiger partial charge in [-0.25, -0.2) is 9.67 Å². The highest BCUT2D eigenvalue weighted by Crippen LogP contribution is 2.13. The zero-order chi connectivity index (χ0) is 16.2. The fourth-order valence-corrected chi connectivity index (χ4v) is 2.24. The Morgan fingerprint density at radius 2 is 1.83 bits per heavy atom. The van der Waals surface area contributed by atoms with E-state index in [2.05, 4.69) is 10.1 Å². The molecule has 0 atom stereocenters. The molecule has 4 heteroatoms. The van der Waals surface area contributed by atoms with Crippen molar-refractivity contribution in [2.75, 3.05) is 0 Å². The average Bonchev–Trinajstić information content (AvgIpc) is 3.10. The van der Waals surface area contributed by atoms with Crippen molar-refractivity contribution in [3.05, 3.63) is 83.4 Å². The van der Waals surface area contributed by atoms with E-state index in [4.69, 9.17) is 0 Å². The molecular weight excluding hydrogens is 286 g/mol. The third-order valence-electron chi connectivity index (χ3n) is 3.79. The molecule has 0 N–H and O–H groups in total. The van der Waals surface area contributed by atoms with Crippen molar-refractivity contribution in [2.45, 2.75) is 13.8 Å². The van der Waals surface area contributed by atoms with Crippen molar-refractivity contribution >= 4 is 11.9 Å². The van der Waals surface area contributed by atoms with Crippen molar-refractivity contribution in [3.63, 3.8) is 0 Å². The maximum absolute atomic E-state index is 12.2. The van der Waals surface area contributed by atoms with Crippen molar-refractivity contribution in [2.24, 2.45) is 0 Å². The highest BCUT2D eigenvalue weighted by atomic mass is 16.1. The summed E-state index contributed by atoms with van der Waals surface area (Å²) in [6.45, 7) is 4.05. The van der Waals surface area contributed by atoms with Crippen LogP contribution in [-0.2, 0) is 0 Å². The van der Waals surface area contributed by atoms with Crippen LogP contribution in [0.1, 0.15) is 27.0 Å². The lowest BCUT2D eigenvalue weighted by molar-refractivity contribution is 0.104. The SMILES string of the molecule is Cc1ccc(C(=O)/C=C/c2ccc(-n3cncn3)cc2)cc1C. The third-order valence-corrected chi connectivity index (χ3v) is 3.79. The van der Waals surface area contributed by atoms with E-state index in [1.165, 1.54) is 11.9 Å². The van der Waals surface area contributed by atoms with Crippen LogP contribution >= 0.6 is 0 Å². The molecule has 0 aliphatic heterocycles. The molecule has 0 fully saturated rings. The van der Waals surface area contributed by atoms with Gasteiger partial charge in [0.25, 0.3) is 0 Å². The van der Waals surface area contributed by atoms with Gasteiger partial charge in [-0.15, -0.1) is 0 Å². The van der Waals surface area contributed by atoms with Gasteiger partial charge in [0.2, 0.25) is 0 Å². The minimum atomic E-state index is 0.00783. The van der Waals surface area contributed by atoms with Crippen LogP contribution in [0.4, 0.5) is 0 Å². The first-order valence-electron chi connectivity index (χ1n) is 7.38. The Labute approximate surface area is 135 Å². The number of carbonyl (C=O) groups excluding carboxylic acids is 1. The zero-order valence-corrected chi connectivity index (χ0v) is 13.1. The Bertz CT molecular complexity index is 847. The van der Waals surface area contributed by atoms with Crippen LogP contribution in [0.25, 0.3) is 11.8 Å². The lowest BCUT2D eigenvalue weighted by Crippen LogP contribution is -1.96. The molecule has 0 radical (unpaired) electrons. The summed E-state index contributed by atoms with van der Waals surface area (Å²) in [5.74, 6) is 0.00783. The Balaban J connectivity index is 1.74. The monoisotopic (exact) mass is 303 g/mol. The first-order valence-corrected chi connectivity index (χ1v) is 7.38. The number of aromatic nitrogens is 3. The molecule has 23 heavy (non-hydrogen) atoms. The normalized spacial score (nSPS) is 11.0. The summed E-state index contributed by atoms with van der Waals surface area (Å²) in [7, 11) is 0. The quantitative estimate of drug-likeness (QED) is 0.544. The smallest absolute Gasteiger partial charge is 0.185 e. The predicted molar refractivity (Wildman–Crippen MR) is 90.6 cm³/mol. The second kappa shape index (κ2) is 6.40. The number of aryl methyl sites for hydroxylation is 2. The predicted octanol–water partition coefficient (Wildman–Crippen LogP) is 3.78. The first-order chi connectivity index (χ1) is 11.1. The first kappa shape index (κ1) is 14.9. The van der Waals surface area contributed by atoms with E-state index in [0.717, 1.165) is 16.8 Å². The summed E-state index contributed by atoms with van der Waals surface area (Å²) in [5.41, 5.74) is 4.92. The van der Waals surface area contributed by atoms with E-state index in [-0.39, 0.29) is 5.78 Å². The molecule has 0 bridgehead atoms. The lowest BCUT2D eigenvalue weighted by Gasteiger charge is -2.02. The van der Waals surface area contributed by atoms with E-state index in [9.17, 15) is 4.79 Å². The number of nitrogens with zero attached hydrogens (tertiary/aromatic N) is 3. The van der Waals surface area contributed by atoms with Gasteiger partial charge < -0.3 is 0 Å². The lowest BCUT2D eigenvalue weighted by atomic mass is 10.0. The summed E-state index contributed by atoms with van der Waals surface area (Å²) in [6.07, 6.45) is 6.57. The zero-order valence-electron chi connectivity index (χ0n) is 13.1. The molecule has 0 amide bonds. The van der Waals surface area contributed by atoms with Crippen molar-refractivity contribution < 1.29 is 4.79 Å². The molecular formula is C19H17N3O. The topological polar surface area (TPSA) is 47.8 Å². The second-order valence-electron chi connectivity index (χ2n) is 5.43. The Hall–Kier alpha value is -3.01. The van der Waals surface area contributed by atoms with E-state index in [0.29, 0.717) is 5.56 Å².